The lowest BCUT2D eigenvalue weighted by molar-refractivity contribution is 0.101. The molecule has 0 radical (unpaired) electrons. The Kier molecular flexibility index (Phi) is 6.63. The molecule has 0 aromatic heterocycles. The summed E-state index contributed by atoms with van der Waals surface area (Å²) in [4.78, 5) is 25.0. The van der Waals surface area contributed by atoms with Crippen LogP contribution in [0.4, 0.5) is 11.4 Å². The zero-order valence-electron chi connectivity index (χ0n) is 16.6. The Labute approximate surface area is 170 Å². The summed E-state index contributed by atoms with van der Waals surface area (Å²) in [6, 6.07) is 21.6. The van der Waals surface area contributed by atoms with Gasteiger partial charge in [-0.05, 0) is 67.4 Å². The van der Waals surface area contributed by atoms with Gasteiger partial charge in [0.25, 0.3) is 11.8 Å². The van der Waals surface area contributed by atoms with Crippen LogP contribution in [0, 0.1) is 0 Å². The fraction of sp³-hybridized carbons (Fsp3) is 0.167. The van der Waals surface area contributed by atoms with Crippen LogP contribution in [0.1, 0.15) is 40.1 Å². The molecule has 0 saturated heterocycles. The molecule has 0 bridgehead atoms. The van der Waals surface area contributed by atoms with Crippen molar-refractivity contribution < 1.29 is 14.3 Å². The highest BCUT2D eigenvalue weighted by Crippen LogP contribution is 2.24. The molecule has 0 unspecified atom stereocenters. The van der Waals surface area contributed by atoms with Crippen LogP contribution >= 0.6 is 0 Å². The summed E-state index contributed by atoms with van der Waals surface area (Å²) < 4.78 is 5.53. The Bertz CT molecular complexity index is 980. The standard InChI is InChI=1S/C24H24N2O3/c1-3-17-9-15-20(16-10-17)25-23(27)18-11-13-19(14-12-18)24(28)26-21-7-5-6-8-22(21)29-4-2/h5-16H,3-4H2,1-2H3,(H,25,27)(H,26,28). The van der Waals surface area contributed by atoms with E-state index in [1.54, 1.807) is 36.4 Å². The zero-order valence-corrected chi connectivity index (χ0v) is 16.6. The largest absolute Gasteiger partial charge is 0.492 e. The van der Waals surface area contributed by atoms with Crippen molar-refractivity contribution >= 4 is 23.2 Å². The fourth-order valence-electron chi connectivity index (χ4n) is 2.85. The van der Waals surface area contributed by atoms with Gasteiger partial charge in [0.2, 0.25) is 0 Å². The maximum atomic E-state index is 12.5. The predicted octanol–water partition coefficient (Wildman–Crippen LogP) is 5.15. The van der Waals surface area contributed by atoms with Crippen molar-refractivity contribution in [2.75, 3.05) is 17.2 Å². The van der Waals surface area contributed by atoms with Gasteiger partial charge in [0.05, 0.1) is 12.3 Å². The van der Waals surface area contributed by atoms with Crippen molar-refractivity contribution in [2.24, 2.45) is 0 Å². The normalized spacial score (nSPS) is 10.3. The smallest absolute Gasteiger partial charge is 0.255 e. The zero-order chi connectivity index (χ0) is 20.6. The molecule has 0 spiro atoms. The molecule has 5 heteroatoms. The monoisotopic (exact) mass is 388 g/mol. The highest BCUT2D eigenvalue weighted by Gasteiger charge is 2.11. The SMILES string of the molecule is CCOc1ccccc1NC(=O)c1ccc(C(=O)Nc2ccc(CC)cc2)cc1. The molecule has 0 fully saturated rings. The number of anilines is 2. The van der Waals surface area contributed by atoms with E-state index in [0.29, 0.717) is 29.2 Å². The van der Waals surface area contributed by atoms with Crippen LogP contribution in [0.3, 0.4) is 0 Å². The Morgan fingerprint density at radius 1 is 0.759 bits per heavy atom. The summed E-state index contributed by atoms with van der Waals surface area (Å²) in [7, 11) is 0. The lowest BCUT2D eigenvalue weighted by Crippen LogP contribution is -2.15. The molecular weight excluding hydrogens is 364 g/mol. The summed E-state index contributed by atoms with van der Waals surface area (Å²) >= 11 is 0. The number of hydrogen-bond acceptors (Lipinski definition) is 3. The highest BCUT2D eigenvalue weighted by molar-refractivity contribution is 6.07. The fourth-order valence-corrected chi connectivity index (χ4v) is 2.85. The van der Waals surface area contributed by atoms with Gasteiger partial charge in [-0.15, -0.1) is 0 Å². The Morgan fingerprint density at radius 2 is 1.34 bits per heavy atom. The molecule has 0 aliphatic rings. The Balaban J connectivity index is 1.66. The van der Waals surface area contributed by atoms with Crippen molar-refractivity contribution in [3.05, 3.63) is 89.5 Å². The minimum Gasteiger partial charge on any atom is -0.492 e. The topological polar surface area (TPSA) is 67.4 Å². The van der Waals surface area contributed by atoms with Crippen LogP contribution < -0.4 is 15.4 Å². The molecule has 0 saturated carbocycles. The first-order valence-corrected chi connectivity index (χ1v) is 9.64. The molecule has 0 aliphatic heterocycles. The van der Waals surface area contributed by atoms with Gasteiger partial charge >= 0.3 is 0 Å². The van der Waals surface area contributed by atoms with E-state index in [2.05, 4.69) is 17.6 Å². The van der Waals surface area contributed by atoms with Crippen molar-refractivity contribution in [1.82, 2.24) is 0 Å². The summed E-state index contributed by atoms with van der Waals surface area (Å²) in [6.07, 6.45) is 0.951. The minimum absolute atomic E-state index is 0.220. The molecule has 29 heavy (non-hydrogen) atoms. The number of ether oxygens (including phenoxy) is 1. The van der Waals surface area contributed by atoms with Crippen LogP contribution in [0.15, 0.2) is 72.8 Å². The van der Waals surface area contributed by atoms with E-state index in [-0.39, 0.29) is 11.8 Å². The second-order valence-electron chi connectivity index (χ2n) is 6.47. The van der Waals surface area contributed by atoms with E-state index >= 15 is 0 Å². The van der Waals surface area contributed by atoms with Crippen LogP contribution in [-0.2, 0) is 6.42 Å². The summed E-state index contributed by atoms with van der Waals surface area (Å²) in [5, 5.41) is 5.71. The number of rotatable bonds is 7. The molecule has 148 valence electrons. The molecule has 0 aliphatic carbocycles. The van der Waals surface area contributed by atoms with E-state index in [4.69, 9.17) is 4.74 Å². The molecular formula is C24H24N2O3. The van der Waals surface area contributed by atoms with Crippen molar-refractivity contribution in [1.29, 1.82) is 0 Å². The van der Waals surface area contributed by atoms with Gasteiger partial charge in [-0.3, -0.25) is 9.59 Å². The quantitative estimate of drug-likeness (QED) is 0.588. The number of hydrogen-bond donors (Lipinski definition) is 2. The highest BCUT2D eigenvalue weighted by atomic mass is 16.5. The van der Waals surface area contributed by atoms with Crippen LogP contribution in [0.5, 0.6) is 5.75 Å². The lowest BCUT2D eigenvalue weighted by atomic mass is 10.1. The molecule has 3 aromatic rings. The van der Waals surface area contributed by atoms with E-state index in [1.807, 2.05) is 43.3 Å². The van der Waals surface area contributed by atoms with Crippen LogP contribution in [0.2, 0.25) is 0 Å². The minimum atomic E-state index is -0.265. The van der Waals surface area contributed by atoms with Crippen LogP contribution in [0.25, 0.3) is 0 Å². The van der Waals surface area contributed by atoms with Crippen molar-refractivity contribution in [3.8, 4) is 5.75 Å². The Morgan fingerprint density at radius 3 is 1.93 bits per heavy atom. The molecule has 0 atom stereocenters. The third kappa shape index (κ3) is 5.23. The maximum absolute atomic E-state index is 12.5. The van der Waals surface area contributed by atoms with E-state index < -0.39 is 0 Å². The average Bonchev–Trinajstić information content (AvgIpc) is 2.76. The Hall–Kier alpha value is -3.60. The summed E-state index contributed by atoms with van der Waals surface area (Å²) in [5.41, 5.74) is 3.50. The molecule has 2 N–H and O–H groups in total. The summed E-state index contributed by atoms with van der Waals surface area (Å²) in [6.45, 7) is 4.49. The number of carbonyl (C=O) groups is 2. The number of amides is 2. The van der Waals surface area contributed by atoms with Gasteiger partial charge in [-0.2, -0.15) is 0 Å². The molecule has 3 aromatic carbocycles. The third-order valence-corrected chi connectivity index (χ3v) is 4.46. The molecule has 2 amide bonds. The van der Waals surface area contributed by atoms with Gasteiger partial charge in [0.15, 0.2) is 0 Å². The maximum Gasteiger partial charge on any atom is 0.255 e. The number of nitrogens with one attached hydrogen (secondary N) is 2. The number of aryl methyl sites for hydroxylation is 1. The van der Waals surface area contributed by atoms with Gasteiger partial charge in [-0.25, -0.2) is 0 Å². The second kappa shape index (κ2) is 9.55. The van der Waals surface area contributed by atoms with Crippen molar-refractivity contribution in [3.63, 3.8) is 0 Å². The summed E-state index contributed by atoms with van der Waals surface area (Å²) in [5.74, 6) is 0.135. The van der Waals surface area contributed by atoms with Gasteiger partial charge in [0, 0.05) is 16.8 Å². The molecule has 5 nitrogen and oxygen atoms in total. The van der Waals surface area contributed by atoms with E-state index in [9.17, 15) is 9.59 Å². The van der Waals surface area contributed by atoms with Crippen LogP contribution in [-0.4, -0.2) is 18.4 Å². The second-order valence-corrected chi connectivity index (χ2v) is 6.47. The predicted molar refractivity (Wildman–Crippen MR) is 116 cm³/mol. The first-order valence-electron chi connectivity index (χ1n) is 9.64. The third-order valence-electron chi connectivity index (χ3n) is 4.46. The number of carbonyl (C=O) groups excluding carboxylic acids is 2. The number of benzene rings is 3. The lowest BCUT2D eigenvalue weighted by Gasteiger charge is -2.11. The van der Waals surface area contributed by atoms with Gasteiger partial charge in [-0.1, -0.05) is 31.2 Å². The molecule has 3 rings (SSSR count). The first kappa shape index (κ1) is 20.1. The van der Waals surface area contributed by atoms with Crippen molar-refractivity contribution in [2.45, 2.75) is 20.3 Å². The van der Waals surface area contributed by atoms with Gasteiger partial charge < -0.3 is 15.4 Å². The van der Waals surface area contributed by atoms with Gasteiger partial charge in [0.1, 0.15) is 5.75 Å². The molecule has 0 heterocycles. The van der Waals surface area contributed by atoms with E-state index in [0.717, 1.165) is 12.1 Å². The number of para-hydroxylation sites is 2. The van der Waals surface area contributed by atoms with E-state index in [1.165, 1.54) is 5.56 Å². The first-order chi connectivity index (χ1) is 14.1. The average molecular weight is 388 g/mol.